The van der Waals surface area contributed by atoms with Gasteiger partial charge >= 0.3 is 0 Å². The molecule has 4 aliphatic carbocycles. The minimum atomic E-state index is 0.193. The fourth-order valence-corrected chi connectivity index (χ4v) is 11.7. The standard InChI is InChI=1S/C45H49N5/c1-28-12-32-13-29(2)21-44(20-28,24-32)39-10-8-36(9-11-39)41-48-42(50-43(49-41)38-17-34(26-46)16-35(18-38)27-47)37-6-5-7-40(19-37)45-22-30(3)14-33(25-45)15-31(4)23-45/h5-11,16-19,28-33H,12-15,20-25H2,1-4H3/t28-,29+,30-,31+,32?,33?,44?,45?. The Morgan fingerprint density at radius 2 is 0.960 bits per heavy atom. The van der Waals surface area contributed by atoms with Gasteiger partial charge in [0.25, 0.3) is 0 Å². The summed E-state index contributed by atoms with van der Waals surface area (Å²) in [5, 5.41) is 19.5. The highest BCUT2D eigenvalue weighted by atomic mass is 15.0. The third kappa shape index (κ3) is 6.15. The molecule has 8 rings (SSSR count). The SMILES string of the molecule is C[C@@H]1CC2C[C@H](C)CC(c3ccc(-c4nc(-c5cc(C#N)cc(C#N)c5)nc(-c5cccc(C67CC(C[C@@H](C)C6)C[C@H](C)C7)c5)n4)cc3)(C2)C1. The van der Waals surface area contributed by atoms with Gasteiger partial charge in [-0.05, 0) is 146 Å². The lowest BCUT2D eigenvalue weighted by Crippen LogP contribution is -2.42. The summed E-state index contributed by atoms with van der Waals surface area (Å²) in [7, 11) is 0. The van der Waals surface area contributed by atoms with Gasteiger partial charge in [0.1, 0.15) is 0 Å². The molecule has 254 valence electrons. The minimum Gasteiger partial charge on any atom is -0.208 e. The Balaban J connectivity index is 1.22. The normalized spacial score (nSPS) is 31.7. The van der Waals surface area contributed by atoms with Gasteiger partial charge in [-0.1, -0.05) is 70.2 Å². The van der Waals surface area contributed by atoms with Gasteiger partial charge in [-0.3, -0.25) is 0 Å². The van der Waals surface area contributed by atoms with Crippen molar-refractivity contribution in [2.24, 2.45) is 35.5 Å². The molecule has 8 atom stereocenters. The van der Waals surface area contributed by atoms with E-state index in [1.54, 1.807) is 18.2 Å². The number of nitriles is 2. The zero-order chi connectivity index (χ0) is 34.6. The monoisotopic (exact) mass is 659 g/mol. The summed E-state index contributed by atoms with van der Waals surface area (Å²) in [5.41, 5.74) is 6.74. The Bertz CT molecular complexity index is 1930. The molecule has 4 unspecified atom stereocenters. The van der Waals surface area contributed by atoms with Gasteiger partial charge in [0.05, 0.1) is 23.3 Å². The fourth-order valence-electron chi connectivity index (χ4n) is 11.7. The van der Waals surface area contributed by atoms with Crippen LogP contribution in [0.4, 0.5) is 0 Å². The van der Waals surface area contributed by atoms with Crippen molar-refractivity contribution in [3.05, 3.63) is 89.0 Å². The number of hydrogen-bond acceptors (Lipinski definition) is 5. The highest BCUT2D eigenvalue weighted by Crippen LogP contribution is 2.55. The van der Waals surface area contributed by atoms with Crippen molar-refractivity contribution < 1.29 is 0 Å². The van der Waals surface area contributed by atoms with E-state index in [2.05, 4.69) is 88.4 Å². The molecule has 0 spiro atoms. The smallest absolute Gasteiger partial charge is 0.164 e. The van der Waals surface area contributed by atoms with Gasteiger partial charge in [-0.2, -0.15) is 10.5 Å². The summed E-state index contributed by atoms with van der Waals surface area (Å²) in [6.07, 6.45) is 13.0. The molecule has 1 aromatic heterocycles. The maximum absolute atomic E-state index is 9.77. The molecular formula is C45H49N5. The van der Waals surface area contributed by atoms with Crippen LogP contribution in [0.2, 0.25) is 0 Å². The zero-order valence-electron chi connectivity index (χ0n) is 30.1. The third-order valence-corrected chi connectivity index (χ3v) is 12.8. The van der Waals surface area contributed by atoms with Crippen LogP contribution in [0.3, 0.4) is 0 Å². The molecule has 4 fully saturated rings. The maximum Gasteiger partial charge on any atom is 0.164 e. The largest absolute Gasteiger partial charge is 0.208 e. The molecule has 4 aromatic rings. The van der Waals surface area contributed by atoms with Crippen LogP contribution in [0.1, 0.15) is 114 Å². The van der Waals surface area contributed by atoms with Gasteiger partial charge in [-0.25, -0.2) is 15.0 Å². The van der Waals surface area contributed by atoms with E-state index in [0.29, 0.717) is 34.2 Å². The highest BCUT2D eigenvalue weighted by Gasteiger charge is 2.46. The van der Waals surface area contributed by atoms with Crippen molar-refractivity contribution in [1.29, 1.82) is 10.5 Å². The highest BCUT2D eigenvalue weighted by molar-refractivity contribution is 5.69. The van der Waals surface area contributed by atoms with E-state index in [-0.39, 0.29) is 10.8 Å². The first-order chi connectivity index (χ1) is 24.1. The Labute approximate surface area is 298 Å². The second-order valence-electron chi connectivity index (χ2n) is 17.4. The molecule has 5 nitrogen and oxygen atoms in total. The number of aromatic nitrogens is 3. The molecule has 4 bridgehead atoms. The van der Waals surface area contributed by atoms with E-state index in [9.17, 15) is 10.5 Å². The summed E-state index contributed by atoms with van der Waals surface area (Å²) >= 11 is 0. The van der Waals surface area contributed by atoms with E-state index in [4.69, 9.17) is 15.0 Å². The molecule has 0 saturated heterocycles. The van der Waals surface area contributed by atoms with E-state index < -0.39 is 0 Å². The van der Waals surface area contributed by atoms with Gasteiger partial charge < -0.3 is 0 Å². The van der Waals surface area contributed by atoms with Crippen LogP contribution in [0.25, 0.3) is 34.2 Å². The summed E-state index contributed by atoms with van der Waals surface area (Å²) in [5.74, 6) is 6.31. The Morgan fingerprint density at radius 3 is 1.46 bits per heavy atom. The summed E-state index contributed by atoms with van der Waals surface area (Å²) in [4.78, 5) is 15.2. The number of fused-ring (bicyclic) bond motifs is 4. The molecule has 3 aromatic carbocycles. The average molecular weight is 660 g/mol. The summed E-state index contributed by atoms with van der Waals surface area (Å²) < 4.78 is 0. The molecule has 50 heavy (non-hydrogen) atoms. The van der Waals surface area contributed by atoms with Crippen LogP contribution in [0, 0.1) is 58.2 Å². The van der Waals surface area contributed by atoms with Crippen molar-refractivity contribution in [2.75, 3.05) is 0 Å². The van der Waals surface area contributed by atoms with Crippen LogP contribution < -0.4 is 0 Å². The van der Waals surface area contributed by atoms with E-state index in [0.717, 1.165) is 46.6 Å². The van der Waals surface area contributed by atoms with E-state index >= 15 is 0 Å². The average Bonchev–Trinajstić information content (AvgIpc) is 3.10. The molecule has 4 saturated carbocycles. The van der Waals surface area contributed by atoms with Crippen molar-refractivity contribution in [3.8, 4) is 46.3 Å². The zero-order valence-corrected chi connectivity index (χ0v) is 30.1. The number of rotatable bonds is 5. The van der Waals surface area contributed by atoms with Gasteiger partial charge in [0.2, 0.25) is 0 Å². The van der Waals surface area contributed by atoms with Crippen molar-refractivity contribution in [3.63, 3.8) is 0 Å². The molecule has 1 heterocycles. The van der Waals surface area contributed by atoms with E-state index in [1.807, 2.05) is 0 Å². The second kappa shape index (κ2) is 12.8. The van der Waals surface area contributed by atoms with Crippen LogP contribution in [0.5, 0.6) is 0 Å². The number of nitrogens with zero attached hydrogens (tertiary/aromatic N) is 5. The predicted octanol–water partition coefficient (Wildman–Crippen LogP) is 10.8. The maximum atomic E-state index is 9.77. The van der Waals surface area contributed by atoms with Gasteiger partial charge in [0, 0.05) is 16.7 Å². The summed E-state index contributed by atoms with van der Waals surface area (Å²) in [6.45, 7) is 9.75. The van der Waals surface area contributed by atoms with Crippen molar-refractivity contribution >= 4 is 0 Å². The van der Waals surface area contributed by atoms with Crippen molar-refractivity contribution in [2.45, 2.75) is 103 Å². The molecule has 0 N–H and O–H groups in total. The Kier molecular flexibility index (Phi) is 8.38. The third-order valence-electron chi connectivity index (χ3n) is 12.8. The number of benzene rings is 3. The van der Waals surface area contributed by atoms with Crippen LogP contribution >= 0.6 is 0 Å². The molecule has 5 heteroatoms. The van der Waals surface area contributed by atoms with Crippen LogP contribution in [-0.4, -0.2) is 15.0 Å². The topological polar surface area (TPSA) is 86.2 Å². The van der Waals surface area contributed by atoms with Crippen LogP contribution in [0.15, 0.2) is 66.7 Å². The van der Waals surface area contributed by atoms with Gasteiger partial charge in [-0.15, -0.1) is 0 Å². The molecule has 0 radical (unpaired) electrons. The summed E-state index contributed by atoms with van der Waals surface area (Å²) in [6, 6.07) is 27.6. The first-order valence-electron chi connectivity index (χ1n) is 19.1. The lowest BCUT2D eigenvalue weighted by molar-refractivity contribution is 0.0779. The van der Waals surface area contributed by atoms with Crippen molar-refractivity contribution in [1.82, 2.24) is 15.0 Å². The fraction of sp³-hybridized carbons (Fsp3) is 0.489. The first-order valence-corrected chi connectivity index (χ1v) is 19.1. The minimum absolute atomic E-state index is 0.193. The van der Waals surface area contributed by atoms with Gasteiger partial charge in [0.15, 0.2) is 17.5 Å². The lowest BCUT2D eigenvalue weighted by Gasteiger charge is -2.50. The van der Waals surface area contributed by atoms with E-state index in [1.165, 1.54) is 75.3 Å². The molecule has 0 aliphatic heterocycles. The predicted molar refractivity (Wildman–Crippen MR) is 199 cm³/mol. The quantitative estimate of drug-likeness (QED) is 0.213. The molecule has 0 amide bonds. The first kappa shape index (κ1) is 32.8. The Hall–Kier alpha value is -4.35. The van der Waals surface area contributed by atoms with Crippen LogP contribution in [-0.2, 0) is 10.8 Å². The number of hydrogen-bond donors (Lipinski definition) is 0. The molecule has 4 aliphatic rings. The lowest BCUT2D eigenvalue weighted by atomic mass is 9.54. The Morgan fingerprint density at radius 1 is 0.500 bits per heavy atom. The molecular weight excluding hydrogens is 611 g/mol. The second-order valence-corrected chi connectivity index (χ2v) is 17.4.